The molecule has 0 atom stereocenters. The zero-order valence-electron chi connectivity index (χ0n) is 11.3. The minimum atomic E-state index is -2.99. The summed E-state index contributed by atoms with van der Waals surface area (Å²) >= 11 is 0. The minimum Gasteiger partial charge on any atom is -0.491 e. The molecule has 1 heterocycles. The molecule has 1 aliphatic carbocycles. The normalized spacial score (nSPS) is 15.5. The van der Waals surface area contributed by atoms with Gasteiger partial charge >= 0.3 is 0 Å². The van der Waals surface area contributed by atoms with E-state index in [2.05, 4.69) is 10.3 Å². The van der Waals surface area contributed by atoms with E-state index in [4.69, 9.17) is 4.74 Å². The molecule has 6 heteroatoms. The van der Waals surface area contributed by atoms with Crippen LogP contribution in [0.4, 0.5) is 0 Å². The summed E-state index contributed by atoms with van der Waals surface area (Å²) in [5.74, 6) is 0.693. The van der Waals surface area contributed by atoms with E-state index in [1.165, 1.54) is 19.1 Å². The topological polar surface area (TPSA) is 68.3 Å². The fraction of sp³-hybridized carbons (Fsp3) is 0.615. The first-order valence-corrected chi connectivity index (χ1v) is 8.50. The Morgan fingerprint density at radius 1 is 1.42 bits per heavy atom. The number of nitrogens with zero attached hydrogens (tertiary/aromatic N) is 1. The Morgan fingerprint density at radius 2 is 2.16 bits per heavy atom. The molecule has 5 nitrogen and oxygen atoms in total. The van der Waals surface area contributed by atoms with Crippen molar-refractivity contribution < 1.29 is 13.2 Å². The molecule has 0 aliphatic heterocycles. The van der Waals surface area contributed by atoms with E-state index in [1.54, 1.807) is 0 Å². The summed E-state index contributed by atoms with van der Waals surface area (Å²) in [6.45, 7) is 2.77. The first-order chi connectivity index (χ1) is 8.94. The summed E-state index contributed by atoms with van der Waals surface area (Å²) in [6.07, 6.45) is 3.64. The molecule has 0 aromatic carbocycles. The number of hydrogen-bond acceptors (Lipinski definition) is 5. The van der Waals surface area contributed by atoms with Crippen LogP contribution in [0.5, 0.6) is 5.75 Å². The molecule has 1 aliphatic rings. The molecule has 0 spiro atoms. The van der Waals surface area contributed by atoms with Gasteiger partial charge in [0.1, 0.15) is 12.4 Å². The van der Waals surface area contributed by atoms with Gasteiger partial charge in [-0.15, -0.1) is 0 Å². The molecule has 0 bridgehead atoms. The fourth-order valence-electron chi connectivity index (χ4n) is 1.69. The second-order valence-electron chi connectivity index (χ2n) is 5.03. The van der Waals surface area contributed by atoms with Gasteiger partial charge in [-0.05, 0) is 31.9 Å². The lowest BCUT2D eigenvalue weighted by molar-refractivity contribution is 0.334. The van der Waals surface area contributed by atoms with E-state index in [-0.39, 0.29) is 12.4 Å². The summed E-state index contributed by atoms with van der Waals surface area (Å²) in [7, 11) is -2.99. The Kier molecular flexibility index (Phi) is 4.42. The average Bonchev–Trinajstić information content (AvgIpc) is 3.11. The van der Waals surface area contributed by atoms with Crippen molar-refractivity contribution in [2.75, 3.05) is 18.6 Å². The van der Waals surface area contributed by atoms with Gasteiger partial charge in [0.05, 0.1) is 11.4 Å². The quantitative estimate of drug-likeness (QED) is 0.811. The second kappa shape index (κ2) is 5.88. The molecule has 1 aromatic heterocycles. The van der Waals surface area contributed by atoms with E-state index in [1.807, 2.05) is 19.1 Å². The molecule has 1 saturated carbocycles. The standard InChI is InChI=1S/C13H20N2O3S/c1-10-3-6-13(18-7-8-19(2,16)17)12(15-10)9-14-11-4-5-11/h3,6,11,14H,4-5,7-9H2,1-2H3. The average molecular weight is 284 g/mol. The number of sulfone groups is 1. The molecule has 0 radical (unpaired) electrons. The summed E-state index contributed by atoms with van der Waals surface area (Å²) in [4.78, 5) is 4.45. The largest absolute Gasteiger partial charge is 0.491 e. The maximum Gasteiger partial charge on any atom is 0.150 e. The molecule has 1 aromatic rings. The smallest absolute Gasteiger partial charge is 0.150 e. The lowest BCUT2D eigenvalue weighted by atomic mass is 10.3. The summed E-state index contributed by atoms with van der Waals surface area (Å²) < 4.78 is 27.7. The van der Waals surface area contributed by atoms with E-state index in [0.29, 0.717) is 18.3 Å². The molecule has 1 N–H and O–H groups in total. The molecule has 19 heavy (non-hydrogen) atoms. The SMILES string of the molecule is Cc1ccc(OCCS(C)(=O)=O)c(CNC2CC2)n1. The van der Waals surface area contributed by atoms with Crippen molar-refractivity contribution >= 4 is 9.84 Å². The zero-order chi connectivity index (χ0) is 13.9. The maximum absolute atomic E-state index is 11.1. The van der Waals surface area contributed by atoms with Crippen LogP contribution < -0.4 is 10.1 Å². The first kappa shape index (κ1) is 14.3. The Hall–Kier alpha value is -1.14. The van der Waals surface area contributed by atoms with Gasteiger partial charge in [-0.1, -0.05) is 0 Å². The van der Waals surface area contributed by atoms with Crippen LogP contribution in [0.1, 0.15) is 24.2 Å². The van der Waals surface area contributed by atoms with Crippen LogP contribution in [-0.4, -0.2) is 38.1 Å². The monoisotopic (exact) mass is 284 g/mol. The van der Waals surface area contributed by atoms with Gasteiger partial charge in [0, 0.05) is 24.5 Å². The van der Waals surface area contributed by atoms with E-state index in [0.717, 1.165) is 11.4 Å². The molecule has 0 amide bonds. The summed E-state index contributed by atoms with van der Waals surface area (Å²) in [5, 5.41) is 3.39. The lowest BCUT2D eigenvalue weighted by Gasteiger charge is -2.11. The van der Waals surface area contributed by atoms with Gasteiger partial charge in [0.25, 0.3) is 0 Å². The predicted octanol–water partition coefficient (Wildman–Crippen LogP) is 1.07. The number of aryl methyl sites for hydroxylation is 1. The van der Waals surface area contributed by atoms with E-state index in [9.17, 15) is 8.42 Å². The highest BCUT2D eigenvalue weighted by Crippen LogP contribution is 2.22. The highest BCUT2D eigenvalue weighted by molar-refractivity contribution is 7.90. The molecular weight excluding hydrogens is 264 g/mol. The van der Waals surface area contributed by atoms with Crippen molar-refractivity contribution in [1.82, 2.24) is 10.3 Å². The Labute approximate surface area is 114 Å². The van der Waals surface area contributed by atoms with Crippen molar-refractivity contribution in [2.45, 2.75) is 32.4 Å². The van der Waals surface area contributed by atoms with Crippen LogP contribution in [0.25, 0.3) is 0 Å². The van der Waals surface area contributed by atoms with Crippen molar-refractivity contribution in [2.24, 2.45) is 0 Å². The first-order valence-electron chi connectivity index (χ1n) is 6.44. The third-order valence-electron chi connectivity index (χ3n) is 2.92. The molecule has 106 valence electrons. The zero-order valence-corrected chi connectivity index (χ0v) is 12.2. The third-order valence-corrected chi connectivity index (χ3v) is 3.83. The number of aromatic nitrogens is 1. The van der Waals surface area contributed by atoms with Crippen molar-refractivity contribution in [3.8, 4) is 5.75 Å². The third kappa shape index (κ3) is 5.16. The number of nitrogens with one attached hydrogen (secondary N) is 1. The Bertz CT molecular complexity index is 539. The van der Waals surface area contributed by atoms with E-state index < -0.39 is 9.84 Å². The van der Waals surface area contributed by atoms with Gasteiger partial charge in [-0.2, -0.15) is 0 Å². The number of ether oxygens (including phenoxy) is 1. The van der Waals surface area contributed by atoms with Crippen LogP contribution in [0.2, 0.25) is 0 Å². The van der Waals surface area contributed by atoms with Gasteiger partial charge in [-0.3, -0.25) is 4.98 Å². The van der Waals surface area contributed by atoms with Gasteiger partial charge < -0.3 is 10.1 Å². The number of hydrogen-bond donors (Lipinski definition) is 1. The van der Waals surface area contributed by atoms with Crippen molar-refractivity contribution in [3.05, 3.63) is 23.5 Å². The Morgan fingerprint density at radius 3 is 2.79 bits per heavy atom. The Balaban J connectivity index is 1.96. The predicted molar refractivity (Wildman–Crippen MR) is 74.0 cm³/mol. The van der Waals surface area contributed by atoms with Crippen LogP contribution >= 0.6 is 0 Å². The highest BCUT2D eigenvalue weighted by Gasteiger charge is 2.21. The van der Waals surface area contributed by atoms with Gasteiger partial charge in [0.15, 0.2) is 9.84 Å². The molecule has 0 saturated heterocycles. The molecular formula is C13H20N2O3S. The summed E-state index contributed by atoms with van der Waals surface area (Å²) in [5.41, 5.74) is 1.78. The van der Waals surface area contributed by atoms with Crippen LogP contribution in [-0.2, 0) is 16.4 Å². The molecule has 2 rings (SSSR count). The second-order valence-corrected chi connectivity index (χ2v) is 7.29. The molecule has 0 unspecified atom stereocenters. The summed E-state index contributed by atoms with van der Waals surface area (Å²) in [6, 6.07) is 4.33. The van der Waals surface area contributed by atoms with Gasteiger partial charge in [-0.25, -0.2) is 8.42 Å². The minimum absolute atomic E-state index is 0.0242. The van der Waals surface area contributed by atoms with Crippen LogP contribution in [0, 0.1) is 6.92 Å². The number of rotatable bonds is 7. The number of pyridine rings is 1. The van der Waals surface area contributed by atoms with Crippen LogP contribution in [0.3, 0.4) is 0 Å². The van der Waals surface area contributed by atoms with Gasteiger partial charge in [0.2, 0.25) is 0 Å². The lowest BCUT2D eigenvalue weighted by Crippen LogP contribution is -2.18. The fourth-order valence-corrected chi connectivity index (χ4v) is 2.07. The highest BCUT2D eigenvalue weighted by atomic mass is 32.2. The van der Waals surface area contributed by atoms with Crippen molar-refractivity contribution in [1.29, 1.82) is 0 Å². The molecule has 1 fully saturated rings. The van der Waals surface area contributed by atoms with Crippen molar-refractivity contribution in [3.63, 3.8) is 0 Å². The van der Waals surface area contributed by atoms with Crippen LogP contribution in [0.15, 0.2) is 12.1 Å². The maximum atomic E-state index is 11.1. The van der Waals surface area contributed by atoms with E-state index >= 15 is 0 Å².